The van der Waals surface area contributed by atoms with Crippen molar-refractivity contribution in [3.05, 3.63) is 27.5 Å². The van der Waals surface area contributed by atoms with Crippen molar-refractivity contribution in [2.45, 2.75) is 65.7 Å². The van der Waals surface area contributed by atoms with Crippen LogP contribution < -0.4 is 35.4 Å². The first-order valence-corrected chi connectivity index (χ1v) is 18.2. The molecule has 54 heavy (non-hydrogen) atoms. The predicted molar refractivity (Wildman–Crippen MR) is 191 cm³/mol. The van der Waals surface area contributed by atoms with Gasteiger partial charge in [0.1, 0.15) is 23.6 Å². The van der Waals surface area contributed by atoms with E-state index in [9.17, 15) is 45.9 Å². The van der Waals surface area contributed by atoms with E-state index < -0.39 is 58.0 Å². The van der Waals surface area contributed by atoms with Crippen LogP contribution in [0.25, 0.3) is 0 Å². The summed E-state index contributed by atoms with van der Waals surface area (Å²) in [5.74, 6) is -2.09. The van der Waals surface area contributed by atoms with Crippen molar-refractivity contribution in [3.63, 3.8) is 0 Å². The Kier molecular flexibility index (Phi) is 30.2. The number of methoxy groups -OCH3 is 1. The zero-order valence-corrected chi connectivity index (χ0v) is 36.1. The summed E-state index contributed by atoms with van der Waals surface area (Å²) in [6, 6.07) is 0. The number of hydrogen-bond acceptors (Lipinski definition) is 16. The number of esters is 2. The first-order chi connectivity index (χ1) is 23.7. The van der Waals surface area contributed by atoms with Crippen molar-refractivity contribution < 1.29 is 113 Å². The number of Topliss-reactive ketones (excluding diaryl/α,β-unsaturated/α-hetero) is 2. The monoisotopic (exact) mass is 967 g/mol. The van der Waals surface area contributed by atoms with Gasteiger partial charge in [0.15, 0.2) is 11.6 Å². The van der Waals surface area contributed by atoms with E-state index in [1.165, 1.54) is 21.0 Å². The molecule has 4 aliphatic rings. The summed E-state index contributed by atoms with van der Waals surface area (Å²) < 4.78 is 79.0. The van der Waals surface area contributed by atoms with E-state index in [1.54, 1.807) is 20.8 Å². The molecule has 24 heteroatoms. The van der Waals surface area contributed by atoms with Crippen LogP contribution in [0.5, 0.6) is 0 Å². The van der Waals surface area contributed by atoms with Gasteiger partial charge in [-0.05, 0) is 57.9 Å². The van der Waals surface area contributed by atoms with E-state index in [1.807, 2.05) is 22.6 Å². The number of hydrogen-bond donors (Lipinski definition) is 3. The number of ether oxygens (including phenoxy) is 3. The molecular weight excluding hydrogens is 920 g/mol. The summed E-state index contributed by atoms with van der Waals surface area (Å²) in [6.07, 6.45) is -3.08. The van der Waals surface area contributed by atoms with Crippen molar-refractivity contribution in [2.24, 2.45) is 40.1 Å². The molecule has 0 aromatic rings. The van der Waals surface area contributed by atoms with Gasteiger partial charge in [-0.3, -0.25) is 29.1 Å². The molecule has 309 valence electrons. The van der Waals surface area contributed by atoms with Crippen molar-refractivity contribution in [2.75, 3.05) is 40.0 Å². The molecule has 0 bridgehead atoms. The second kappa shape index (κ2) is 27.4. The summed E-state index contributed by atoms with van der Waals surface area (Å²) in [7, 11) is -2.58. The third kappa shape index (κ3) is 17.5. The van der Waals surface area contributed by atoms with Gasteiger partial charge in [0.2, 0.25) is 0 Å². The maximum absolute atomic E-state index is 12.7. The number of allylic oxidation sites excluding steroid dienone is 3. The van der Waals surface area contributed by atoms with Gasteiger partial charge in [0.25, 0.3) is 0 Å². The minimum absolute atomic E-state index is 0. The van der Waals surface area contributed by atoms with Crippen LogP contribution in [0, 0.1) is 28.6 Å². The molecule has 5 N–H and O–H groups in total. The molecule has 0 aliphatic heterocycles. The van der Waals surface area contributed by atoms with Crippen LogP contribution in [0.4, 0.5) is 13.2 Å². The molecular formula is C30H48ClF3ILiN3O13SV-. The third-order valence-electron chi connectivity index (χ3n) is 7.63. The van der Waals surface area contributed by atoms with Crippen molar-refractivity contribution in [1.82, 2.24) is 0 Å². The molecule has 0 amide bonds. The van der Waals surface area contributed by atoms with Crippen molar-refractivity contribution in [3.8, 4) is 0 Å². The van der Waals surface area contributed by atoms with Crippen LogP contribution in [0.15, 0.2) is 27.6 Å². The van der Waals surface area contributed by atoms with Crippen molar-refractivity contribution in [1.29, 1.82) is 0 Å². The van der Waals surface area contributed by atoms with Crippen molar-refractivity contribution >= 4 is 74.6 Å². The van der Waals surface area contributed by atoms with Gasteiger partial charge >= 0.3 is 47.4 Å². The molecule has 0 saturated heterocycles. The minimum atomic E-state index is -4.71. The normalized spacial score (nSPS) is 25.2. The first kappa shape index (κ1) is 59.5. The Hall–Kier alpha value is -1.23. The number of fused-ring (bicyclic) bond motifs is 2. The molecule has 0 spiro atoms. The van der Waals surface area contributed by atoms with E-state index >= 15 is 0 Å². The van der Waals surface area contributed by atoms with Crippen LogP contribution in [0.1, 0.15) is 55.3 Å². The van der Waals surface area contributed by atoms with Crippen LogP contribution in [0.3, 0.4) is 0 Å². The van der Waals surface area contributed by atoms with Gasteiger partial charge in [-0.15, -0.1) is 18.2 Å². The molecule has 0 aromatic heterocycles. The van der Waals surface area contributed by atoms with Gasteiger partial charge in [-0.1, -0.05) is 11.3 Å². The van der Waals surface area contributed by atoms with E-state index in [2.05, 4.69) is 27.9 Å². The largest absolute Gasteiger partial charge is 1.00 e. The summed E-state index contributed by atoms with van der Waals surface area (Å²) in [6.45, 7) is 8.48. The Morgan fingerprint density at radius 2 is 1.57 bits per heavy atom. The number of carbonyl (C=O) groups is 4. The van der Waals surface area contributed by atoms with Gasteiger partial charge in [0.05, 0.1) is 26.2 Å². The summed E-state index contributed by atoms with van der Waals surface area (Å²) >= 11 is 1.90. The molecule has 1 unspecified atom stereocenters. The van der Waals surface area contributed by atoms with Gasteiger partial charge < -0.3 is 53.4 Å². The number of ketones is 2. The molecule has 1 radical (unpaired) electrons. The van der Waals surface area contributed by atoms with Crippen LogP contribution in [-0.2, 0) is 70.9 Å². The Morgan fingerprint density at radius 3 is 1.93 bits per heavy atom. The maximum Gasteiger partial charge on any atom is 1.00 e. The molecule has 4 fully saturated rings. The fourth-order valence-electron chi connectivity index (χ4n) is 5.19. The molecule has 16 nitrogen and oxygen atoms in total. The average molecular weight is 968 g/mol. The van der Waals surface area contributed by atoms with Gasteiger partial charge in [-0.25, -0.2) is 9.44 Å². The summed E-state index contributed by atoms with van der Waals surface area (Å²) in [5.41, 5.74) is 8.03. The first-order valence-electron chi connectivity index (χ1n) is 15.4. The number of nitrogens with zero attached hydrogens (tertiary/aromatic N) is 1. The van der Waals surface area contributed by atoms with E-state index in [0.29, 0.717) is 31.6 Å². The predicted octanol–water partition coefficient (Wildman–Crippen LogP) is -0.233. The number of rotatable bonds is 10. The van der Waals surface area contributed by atoms with E-state index in [0.717, 1.165) is 6.42 Å². The van der Waals surface area contributed by atoms with E-state index in [-0.39, 0.29) is 105 Å². The molecule has 0 aromatic carbocycles. The van der Waals surface area contributed by atoms with E-state index in [4.69, 9.17) is 21.5 Å². The van der Waals surface area contributed by atoms with Crippen LogP contribution >= 0.6 is 35.0 Å². The number of aliphatic imine (C=N–C) groups is 1. The van der Waals surface area contributed by atoms with Gasteiger partial charge in [0, 0.05) is 51.0 Å². The smallest absolute Gasteiger partial charge is 0.875 e. The molecule has 4 rings (SSSR count). The molecule has 5 atom stereocenters. The minimum Gasteiger partial charge on any atom is -0.875 e. The number of halogens is 5. The Bertz CT molecular complexity index is 1450. The second-order valence-corrected chi connectivity index (χ2v) is 12.1. The topological polar surface area (TPSA) is 256 Å². The number of carbonyl (C=O) groups excluding carboxylic acids is 4. The zero-order valence-electron chi connectivity index (χ0n) is 30.9. The summed E-state index contributed by atoms with van der Waals surface area (Å²) in [4.78, 5) is 52.0. The second-order valence-electron chi connectivity index (χ2n) is 10.9. The Labute approximate surface area is 358 Å². The number of alkyl halides is 3. The molecule has 4 aliphatic carbocycles. The zero-order chi connectivity index (χ0) is 39.9. The SMILES string of the molecule is CCOC(=O)CCN.CCOC(=O)CN=C1C(=O)[C@@H]2C[C@@H]2C1=C(N)C(F)(F)F.CCOS(=O)(=O)OO.COC1(C)C(=O)/C(=C(/C)[O-])[C@H]2C[C@H]21.Cl.[CH2-]I.[HH].[Li+].[V]. The summed E-state index contributed by atoms with van der Waals surface area (Å²) in [5, 5.41) is 18.7. The fraction of sp³-hybridized carbons (Fsp3) is 0.667. The Morgan fingerprint density at radius 1 is 1.06 bits per heavy atom. The van der Waals surface area contributed by atoms with Crippen LogP contribution in [0.2, 0.25) is 0 Å². The maximum atomic E-state index is 12.7. The Balaban J connectivity index is -0.000000208. The quantitative estimate of drug-likeness (QED) is 0.0374. The number of nitrogens with two attached hydrogens (primary N) is 2. The standard InChI is InChI=1S/C12H13F3N2O3.C10H14O3.C5H11NO2.C2H6O5S.CH2I.ClH.Li.V.H2/c1-2-20-7(18)4-17-9-8(11(16)12(13,14)15)5-3-6(5)10(9)19;1-5(11)8-6-4-7(6)10(2,13-3)9(8)12;1-2-8-5(7)3-4-6;1-2-6-8(4,5)7-3;1-2;;;;/h5-6H,2-4,16H2,1H3;6-7,11H,4H2,1-3H3;2-4,6H2,1H3;3H,2H2,1H3;1H2;1H;;;1H/q;;;;-1;;+1;;/p-1/b;8-5-;;;;;;;/t5-,6+;6-,7+,10?;;;;;;;/m00......./s1. The molecule has 4 saturated carbocycles. The molecule has 0 heterocycles. The average Bonchev–Trinajstić information content (AvgIpc) is 3.98. The van der Waals surface area contributed by atoms with Gasteiger partial charge in [-0.2, -0.15) is 21.6 Å². The third-order valence-corrected chi connectivity index (χ3v) is 8.34. The fourth-order valence-corrected chi connectivity index (χ4v) is 5.52. The van der Waals surface area contributed by atoms with Crippen LogP contribution in [-0.4, -0.2) is 94.7 Å².